The van der Waals surface area contributed by atoms with Gasteiger partial charge in [0.15, 0.2) is 6.61 Å². The van der Waals surface area contributed by atoms with E-state index in [2.05, 4.69) is 15.1 Å². The lowest BCUT2D eigenvalue weighted by atomic mass is 10.1. The van der Waals surface area contributed by atoms with Gasteiger partial charge in [0.2, 0.25) is 5.82 Å². The fourth-order valence-electron chi connectivity index (χ4n) is 2.08. The van der Waals surface area contributed by atoms with Gasteiger partial charge in [0.05, 0.1) is 0 Å². The second kappa shape index (κ2) is 7.70. The Morgan fingerprint density at radius 3 is 2.88 bits per heavy atom. The van der Waals surface area contributed by atoms with Crippen molar-refractivity contribution in [2.24, 2.45) is 0 Å². The van der Waals surface area contributed by atoms with Crippen molar-refractivity contribution < 1.29 is 14.1 Å². The van der Waals surface area contributed by atoms with Crippen molar-refractivity contribution in [2.45, 2.75) is 19.4 Å². The van der Waals surface area contributed by atoms with Crippen molar-refractivity contribution >= 4 is 17.6 Å². The van der Waals surface area contributed by atoms with Gasteiger partial charge in [-0.05, 0) is 30.2 Å². The third-order valence-corrected chi connectivity index (χ3v) is 3.67. The standard InChI is InChI=1S/C17H14ClN3O3/c18-14-6-2-1-4-12(14)7-8-16(22)23-11-15-20-17(21-24-15)13-5-3-9-19-10-13/h1-6,9-10H,7-8,11H2. The van der Waals surface area contributed by atoms with Crippen LogP contribution in [-0.2, 0) is 22.6 Å². The Kier molecular flexibility index (Phi) is 5.18. The molecule has 0 aliphatic heterocycles. The lowest BCUT2D eigenvalue weighted by molar-refractivity contribution is -0.145. The number of esters is 1. The molecule has 24 heavy (non-hydrogen) atoms. The van der Waals surface area contributed by atoms with E-state index in [1.807, 2.05) is 24.3 Å². The Labute approximate surface area is 143 Å². The first kappa shape index (κ1) is 16.1. The van der Waals surface area contributed by atoms with Crippen molar-refractivity contribution in [1.29, 1.82) is 0 Å². The van der Waals surface area contributed by atoms with E-state index in [1.165, 1.54) is 0 Å². The zero-order chi connectivity index (χ0) is 16.8. The number of aryl methyl sites for hydroxylation is 1. The van der Waals surface area contributed by atoms with Crippen LogP contribution in [0.1, 0.15) is 17.9 Å². The molecule has 0 aliphatic carbocycles. The van der Waals surface area contributed by atoms with Crippen LogP contribution in [0.4, 0.5) is 0 Å². The van der Waals surface area contributed by atoms with Crippen LogP contribution in [0, 0.1) is 0 Å². The maximum absolute atomic E-state index is 11.8. The Balaban J connectivity index is 1.50. The predicted octanol–water partition coefficient (Wildman–Crippen LogP) is 3.46. The highest BCUT2D eigenvalue weighted by Crippen LogP contribution is 2.17. The molecule has 0 unspecified atom stereocenters. The Morgan fingerprint density at radius 1 is 1.21 bits per heavy atom. The van der Waals surface area contributed by atoms with Gasteiger partial charge in [0.1, 0.15) is 0 Å². The molecule has 0 N–H and O–H groups in total. The smallest absolute Gasteiger partial charge is 0.306 e. The number of benzene rings is 1. The molecular weight excluding hydrogens is 330 g/mol. The first-order valence-corrected chi connectivity index (χ1v) is 7.72. The fraction of sp³-hybridized carbons (Fsp3) is 0.176. The summed E-state index contributed by atoms with van der Waals surface area (Å²) in [6.45, 7) is -0.0609. The number of pyridine rings is 1. The molecule has 0 bridgehead atoms. The average Bonchev–Trinajstić information content (AvgIpc) is 3.09. The van der Waals surface area contributed by atoms with Crippen molar-refractivity contribution in [3.8, 4) is 11.4 Å². The third kappa shape index (κ3) is 4.17. The molecule has 0 aliphatic rings. The zero-order valence-electron chi connectivity index (χ0n) is 12.7. The molecular formula is C17H14ClN3O3. The molecule has 7 heteroatoms. The summed E-state index contributed by atoms with van der Waals surface area (Å²) in [7, 11) is 0. The minimum atomic E-state index is -0.351. The maximum atomic E-state index is 11.8. The van der Waals surface area contributed by atoms with E-state index in [0.29, 0.717) is 17.3 Å². The number of halogens is 1. The molecule has 0 saturated carbocycles. The zero-order valence-corrected chi connectivity index (χ0v) is 13.4. The monoisotopic (exact) mass is 343 g/mol. The van der Waals surface area contributed by atoms with Gasteiger partial charge < -0.3 is 9.26 Å². The second-order valence-electron chi connectivity index (χ2n) is 5.01. The molecule has 0 fully saturated rings. The molecule has 0 atom stereocenters. The second-order valence-corrected chi connectivity index (χ2v) is 5.41. The summed E-state index contributed by atoms with van der Waals surface area (Å²) in [5.41, 5.74) is 1.64. The fourth-order valence-corrected chi connectivity index (χ4v) is 2.31. The van der Waals surface area contributed by atoms with Gasteiger partial charge in [0, 0.05) is 29.4 Å². The highest BCUT2D eigenvalue weighted by molar-refractivity contribution is 6.31. The topological polar surface area (TPSA) is 78.1 Å². The van der Waals surface area contributed by atoms with E-state index in [9.17, 15) is 4.79 Å². The molecule has 1 aromatic carbocycles. The molecule has 122 valence electrons. The van der Waals surface area contributed by atoms with Gasteiger partial charge in [-0.25, -0.2) is 0 Å². The van der Waals surface area contributed by atoms with Gasteiger partial charge >= 0.3 is 5.97 Å². The number of ether oxygens (including phenoxy) is 1. The van der Waals surface area contributed by atoms with Crippen LogP contribution in [0.3, 0.4) is 0 Å². The summed E-state index contributed by atoms with van der Waals surface area (Å²) < 4.78 is 10.2. The largest absolute Gasteiger partial charge is 0.456 e. The number of rotatable bonds is 6. The summed E-state index contributed by atoms with van der Waals surface area (Å²) in [5.74, 6) is 0.293. The Morgan fingerprint density at radius 2 is 2.08 bits per heavy atom. The first-order valence-electron chi connectivity index (χ1n) is 7.34. The number of nitrogens with zero attached hydrogens (tertiary/aromatic N) is 3. The highest BCUT2D eigenvalue weighted by Gasteiger charge is 2.11. The Hall–Kier alpha value is -2.73. The average molecular weight is 344 g/mol. The van der Waals surface area contributed by atoms with E-state index in [0.717, 1.165) is 11.1 Å². The summed E-state index contributed by atoms with van der Waals surface area (Å²) in [4.78, 5) is 20.0. The molecule has 0 radical (unpaired) electrons. The van der Waals surface area contributed by atoms with Crippen LogP contribution < -0.4 is 0 Å². The number of aromatic nitrogens is 3. The SMILES string of the molecule is O=C(CCc1ccccc1Cl)OCc1nc(-c2cccnc2)no1. The molecule has 0 amide bonds. The van der Waals surface area contributed by atoms with Gasteiger partial charge in [0.25, 0.3) is 5.89 Å². The van der Waals surface area contributed by atoms with Crippen LogP contribution in [0.15, 0.2) is 53.3 Å². The van der Waals surface area contributed by atoms with Crippen LogP contribution in [0.2, 0.25) is 5.02 Å². The molecule has 2 heterocycles. The summed E-state index contributed by atoms with van der Waals surface area (Å²) in [5, 5.41) is 4.48. The minimum absolute atomic E-state index is 0.0609. The van der Waals surface area contributed by atoms with Crippen molar-refractivity contribution in [3.05, 3.63) is 65.3 Å². The molecule has 0 spiro atoms. The van der Waals surface area contributed by atoms with Crippen molar-refractivity contribution in [3.63, 3.8) is 0 Å². The van der Waals surface area contributed by atoms with E-state index < -0.39 is 0 Å². The van der Waals surface area contributed by atoms with Crippen LogP contribution in [-0.4, -0.2) is 21.1 Å². The van der Waals surface area contributed by atoms with E-state index in [1.54, 1.807) is 24.5 Å². The van der Waals surface area contributed by atoms with Crippen LogP contribution in [0.25, 0.3) is 11.4 Å². The molecule has 0 saturated heterocycles. The number of hydrogen-bond acceptors (Lipinski definition) is 6. The lowest BCUT2D eigenvalue weighted by Crippen LogP contribution is -2.06. The van der Waals surface area contributed by atoms with E-state index in [4.69, 9.17) is 20.9 Å². The number of carbonyl (C=O) groups is 1. The number of hydrogen-bond donors (Lipinski definition) is 0. The normalized spacial score (nSPS) is 10.5. The van der Waals surface area contributed by atoms with Crippen molar-refractivity contribution in [2.75, 3.05) is 0 Å². The summed E-state index contributed by atoms with van der Waals surface area (Å²) in [6.07, 6.45) is 4.03. The number of carbonyl (C=O) groups excluding carboxylic acids is 1. The Bertz CT molecular complexity index is 821. The van der Waals surface area contributed by atoms with Gasteiger partial charge in [-0.15, -0.1) is 0 Å². The van der Waals surface area contributed by atoms with E-state index >= 15 is 0 Å². The maximum Gasteiger partial charge on any atom is 0.306 e. The predicted molar refractivity (Wildman–Crippen MR) is 87.1 cm³/mol. The molecule has 6 nitrogen and oxygen atoms in total. The van der Waals surface area contributed by atoms with Gasteiger partial charge in [-0.1, -0.05) is 35.0 Å². The van der Waals surface area contributed by atoms with Gasteiger partial charge in [-0.3, -0.25) is 9.78 Å². The molecule has 3 aromatic rings. The van der Waals surface area contributed by atoms with Crippen LogP contribution in [0.5, 0.6) is 0 Å². The lowest BCUT2D eigenvalue weighted by Gasteiger charge is -2.04. The summed E-state index contributed by atoms with van der Waals surface area (Å²) >= 11 is 6.05. The van der Waals surface area contributed by atoms with Gasteiger partial charge in [-0.2, -0.15) is 4.98 Å². The highest BCUT2D eigenvalue weighted by atomic mass is 35.5. The quantitative estimate of drug-likeness (QED) is 0.638. The minimum Gasteiger partial charge on any atom is -0.456 e. The first-order chi connectivity index (χ1) is 11.7. The van der Waals surface area contributed by atoms with Crippen molar-refractivity contribution in [1.82, 2.24) is 15.1 Å². The summed E-state index contributed by atoms with van der Waals surface area (Å²) in [6, 6.07) is 11.0. The van der Waals surface area contributed by atoms with E-state index in [-0.39, 0.29) is 24.9 Å². The van der Waals surface area contributed by atoms with Crippen LogP contribution >= 0.6 is 11.6 Å². The third-order valence-electron chi connectivity index (χ3n) is 3.30. The molecule has 2 aromatic heterocycles. The molecule has 3 rings (SSSR count).